The van der Waals surface area contributed by atoms with Crippen LogP contribution in [0, 0.1) is 0 Å². The number of rotatable bonds is 4. The zero-order valence-electron chi connectivity index (χ0n) is 12.3. The van der Waals surface area contributed by atoms with E-state index in [0.717, 1.165) is 24.6 Å². The first-order valence-corrected chi connectivity index (χ1v) is 7.44. The highest BCUT2D eigenvalue weighted by Gasteiger charge is 2.34. The summed E-state index contributed by atoms with van der Waals surface area (Å²) in [6, 6.07) is 4.25. The van der Waals surface area contributed by atoms with Crippen LogP contribution in [-0.4, -0.2) is 62.6 Å². The molecular formula is C14H17N7O. The number of likely N-dealkylation sites (N-methyl/N-ethyl adjacent to an activating group) is 1. The maximum Gasteiger partial charge on any atom is 0.276 e. The molecule has 1 N–H and O–H groups in total. The summed E-state index contributed by atoms with van der Waals surface area (Å²) in [4.78, 5) is 16.0. The minimum Gasteiger partial charge on any atom is -0.351 e. The number of hydrogen-bond acceptors (Lipinski definition) is 6. The summed E-state index contributed by atoms with van der Waals surface area (Å²) in [5.41, 5.74) is 1.44. The number of hydrogen-bond donors (Lipinski definition) is 1. The van der Waals surface area contributed by atoms with Gasteiger partial charge < -0.3 is 9.80 Å². The predicted octanol–water partition coefficient (Wildman–Crippen LogP) is 0.433. The van der Waals surface area contributed by atoms with Crippen LogP contribution in [0.3, 0.4) is 0 Å². The maximum absolute atomic E-state index is 12.2. The molecule has 0 unspecified atom stereocenters. The molecular weight excluding hydrogens is 282 g/mol. The second-order valence-electron chi connectivity index (χ2n) is 5.92. The van der Waals surface area contributed by atoms with E-state index in [2.05, 4.69) is 36.6 Å². The second kappa shape index (κ2) is 5.04. The minimum atomic E-state index is -0.117. The second-order valence-corrected chi connectivity index (χ2v) is 5.92. The van der Waals surface area contributed by atoms with Gasteiger partial charge in [0.15, 0.2) is 11.5 Å². The van der Waals surface area contributed by atoms with Gasteiger partial charge in [-0.2, -0.15) is 20.5 Å². The largest absolute Gasteiger partial charge is 0.351 e. The summed E-state index contributed by atoms with van der Waals surface area (Å²) in [6.45, 7) is 1.52. The van der Waals surface area contributed by atoms with Crippen molar-refractivity contribution in [1.29, 1.82) is 0 Å². The van der Waals surface area contributed by atoms with Crippen molar-refractivity contribution < 1.29 is 4.79 Å². The number of nitrogens with one attached hydrogen (secondary N) is 1. The van der Waals surface area contributed by atoms with Crippen LogP contribution in [0.15, 0.2) is 18.3 Å². The predicted molar refractivity (Wildman–Crippen MR) is 78.5 cm³/mol. The van der Waals surface area contributed by atoms with Crippen LogP contribution in [0.5, 0.6) is 0 Å². The number of carbonyl (C=O) groups excluding carboxylic acids is 1. The van der Waals surface area contributed by atoms with E-state index in [1.165, 1.54) is 19.0 Å². The van der Waals surface area contributed by atoms with Crippen LogP contribution in [0.2, 0.25) is 0 Å². The lowest BCUT2D eigenvalue weighted by molar-refractivity contribution is 0.0699. The quantitative estimate of drug-likeness (QED) is 0.880. The van der Waals surface area contributed by atoms with Crippen LogP contribution in [0.4, 0.5) is 5.82 Å². The SMILES string of the molecule is CN(C(=O)c1cn[nH]n1)C1CN(c2ccc(C3CC3)nn2)C1. The molecule has 0 radical (unpaired) electrons. The molecule has 2 aromatic heterocycles. The number of nitrogens with zero attached hydrogens (tertiary/aromatic N) is 6. The van der Waals surface area contributed by atoms with Crippen molar-refractivity contribution in [3.8, 4) is 0 Å². The standard InChI is InChI=1S/C14H17N7O/c1-20(14(22)12-6-15-19-17-12)10-7-21(8-10)13-5-4-11(16-18-13)9-2-3-9/h4-6,9-10H,2-3,7-8H2,1H3,(H,15,17,19). The highest BCUT2D eigenvalue weighted by molar-refractivity contribution is 5.92. The van der Waals surface area contributed by atoms with E-state index >= 15 is 0 Å². The number of aromatic amines is 1. The fourth-order valence-corrected chi connectivity index (χ4v) is 2.64. The lowest BCUT2D eigenvalue weighted by Crippen LogP contribution is -2.60. The van der Waals surface area contributed by atoms with E-state index in [0.29, 0.717) is 11.6 Å². The van der Waals surface area contributed by atoms with Gasteiger partial charge in [-0.25, -0.2) is 0 Å². The minimum absolute atomic E-state index is 0.117. The molecule has 0 bridgehead atoms. The number of aromatic nitrogens is 5. The molecule has 0 spiro atoms. The van der Waals surface area contributed by atoms with Gasteiger partial charge in [0.25, 0.3) is 5.91 Å². The lowest BCUT2D eigenvalue weighted by atomic mass is 10.1. The van der Waals surface area contributed by atoms with Gasteiger partial charge in [-0.3, -0.25) is 4.79 Å². The van der Waals surface area contributed by atoms with Crippen LogP contribution in [-0.2, 0) is 0 Å². The van der Waals surface area contributed by atoms with E-state index in [4.69, 9.17) is 0 Å². The summed E-state index contributed by atoms with van der Waals surface area (Å²) < 4.78 is 0. The molecule has 1 saturated carbocycles. The number of anilines is 1. The molecule has 1 aliphatic carbocycles. The lowest BCUT2D eigenvalue weighted by Gasteiger charge is -2.44. The Bertz CT molecular complexity index is 659. The van der Waals surface area contributed by atoms with E-state index < -0.39 is 0 Å². The maximum atomic E-state index is 12.2. The summed E-state index contributed by atoms with van der Waals surface area (Å²) >= 11 is 0. The molecule has 4 rings (SSSR count). The van der Waals surface area contributed by atoms with Crippen LogP contribution < -0.4 is 4.90 Å². The number of carbonyl (C=O) groups is 1. The smallest absolute Gasteiger partial charge is 0.276 e. The van der Waals surface area contributed by atoms with Crippen molar-refractivity contribution in [3.63, 3.8) is 0 Å². The molecule has 2 aromatic rings. The first kappa shape index (κ1) is 13.2. The fourth-order valence-electron chi connectivity index (χ4n) is 2.64. The Kier molecular flexibility index (Phi) is 3.02. The van der Waals surface area contributed by atoms with Crippen molar-refractivity contribution in [1.82, 2.24) is 30.5 Å². The van der Waals surface area contributed by atoms with E-state index in [9.17, 15) is 4.79 Å². The molecule has 22 heavy (non-hydrogen) atoms. The Morgan fingerprint density at radius 1 is 1.32 bits per heavy atom. The third-order valence-electron chi connectivity index (χ3n) is 4.36. The van der Waals surface area contributed by atoms with Crippen molar-refractivity contribution in [3.05, 3.63) is 29.7 Å². The molecule has 2 fully saturated rings. The molecule has 1 saturated heterocycles. The first-order valence-electron chi connectivity index (χ1n) is 7.44. The van der Waals surface area contributed by atoms with Gasteiger partial charge in [0, 0.05) is 26.1 Å². The van der Waals surface area contributed by atoms with Crippen molar-refractivity contribution >= 4 is 11.7 Å². The highest BCUT2D eigenvalue weighted by atomic mass is 16.2. The average Bonchev–Trinajstić information content (AvgIpc) is 3.20. The van der Waals surface area contributed by atoms with Crippen molar-refractivity contribution in [2.75, 3.05) is 25.0 Å². The highest BCUT2D eigenvalue weighted by Crippen LogP contribution is 2.38. The molecule has 8 nitrogen and oxygen atoms in total. The molecule has 1 aliphatic heterocycles. The van der Waals surface area contributed by atoms with Gasteiger partial charge in [0.05, 0.1) is 17.9 Å². The molecule has 2 aliphatic rings. The zero-order chi connectivity index (χ0) is 15.1. The summed E-state index contributed by atoms with van der Waals surface area (Å²) in [7, 11) is 1.79. The fraction of sp³-hybridized carbons (Fsp3) is 0.500. The molecule has 8 heteroatoms. The van der Waals surface area contributed by atoms with Crippen LogP contribution in [0.1, 0.15) is 34.9 Å². The average molecular weight is 299 g/mol. The number of H-pyrrole nitrogens is 1. The molecule has 1 amide bonds. The van der Waals surface area contributed by atoms with Gasteiger partial charge in [-0.1, -0.05) is 0 Å². The Labute approximate surface area is 127 Å². The molecule has 0 aromatic carbocycles. The monoisotopic (exact) mass is 299 g/mol. The first-order chi connectivity index (χ1) is 10.7. The zero-order valence-corrected chi connectivity index (χ0v) is 12.3. The molecule has 3 heterocycles. The summed E-state index contributed by atoms with van der Waals surface area (Å²) in [5, 5.41) is 18.5. The van der Waals surface area contributed by atoms with Crippen molar-refractivity contribution in [2.24, 2.45) is 0 Å². The normalized spacial score (nSPS) is 18.1. The summed E-state index contributed by atoms with van der Waals surface area (Å²) in [6.07, 6.45) is 3.90. The van der Waals surface area contributed by atoms with Gasteiger partial charge in [0.2, 0.25) is 0 Å². The Hall–Kier alpha value is -2.51. The topological polar surface area (TPSA) is 90.9 Å². The van der Waals surface area contributed by atoms with Gasteiger partial charge in [0.1, 0.15) is 0 Å². The van der Waals surface area contributed by atoms with E-state index in [-0.39, 0.29) is 11.9 Å². The summed E-state index contributed by atoms with van der Waals surface area (Å²) in [5.74, 6) is 1.38. The number of amides is 1. The third-order valence-corrected chi connectivity index (χ3v) is 4.36. The molecule has 114 valence electrons. The van der Waals surface area contributed by atoms with Crippen molar-refractivity contribution in [2.45, 2.75) is 24.8 Å². The third kappa shape index (κ3) is 2.30. The Balaban J connectivity index is 1.36. The van der Waals surface area contributed by atoms with Crippen LogP contribution in [0.25, 0.3) is 0 Å². The van der Waals surface area contributed by atoms with Gasteiger partial charge in [-0.15, -0.1) is 5.10 Å². The molecule has 0 atom stereocenters. The Morgan fingerprint density at radius 2 is 2.14 bits per heavy atom. The van der Waals surface area contributed by atoms with Gasteiger partial charge >= 0.3 is 0 Å². The van der Waals surface area contributed by atoms with Crippen LogP contribution >= 0.6 is 0 Å². The van der Waals surface area contributed by atoms with Gasteiger partial charge in [-0.05, 0) is 25.0 Å². The van der Waals surface area contributed by atoms with E-state index in [1.54, 1.807) is 11.9 Å². The Morgan fingerprint density at radius 3 is 2.73 bits per heavy atom. The van der Waals surface area contributed by atoms with E-state index in [1.807, 2.05) is 6.07 Å².